The lowest BCUT2D eigenvalue weighted by molar-refractivity contribution is -0.152. The van der Waals surface area contributed by atoms with Gasteiger partial charge >= 0.3 is 11.9 Å². The molecule has 0 aliphatic rings. The summed E-state index contributed by atoms with van der Waals surface area (Å²) in [4.78, 5) is 32.9. The van der Waals surface area contributed by atoms with Crippen molar-refractivity contribution in [3.8, 4) is 0 Å². The molecule has 0 rings (SSSR count). The molecule has 0 aromatic carbocycles. The van der Waals surface area contributed by atoms with E-state index >= 15 is 0 Å². The predicted molar refractivity (Wildman–Crippen MR) is 64.7 cm³/mol. The van der Waals surface area contributed by atoms with Crippen LogP contribution in [0.2, 0.25) is 0 Å². The highest BCUT2D eigenvalue weighted by Gasteiger charge is 2.20. The summed E-state index contributed by atoms with van der Waals surface area (Å²) in [6.07, 6.45) is 0.519. The first-order chi connectivity index (χ1) is 8.65. The molecule has 0 heterocycles. The zero-order chi connectivity index (χ0) is 13.8. The fourth-order valence-corrected chi connectivity index (χ4v) is 1.38. The van der Waals surface area contributed by atoms with Crippen molar-refractivity contribution in [1.82, 2.24) is 5.32 Å². The Bertz CT molecular complexity index is 273. The van der Waals surface area contributed by atoms with E-state index in [1.807, 2.05) is 0 Å². The van der Waals surface area contributed by atoms with Gasteiger partial charge in [0.25, 0.3) is 0 Å². The van der Waals surface area contributed by atoms with E-state index in [1.165, 1.54) is 7.11 Å². The fourth-order valence-electron chi connectivity index (χ4n) is 0.966. The van der Waals surface area contributed by atoms with Gasteiger partial charge < -0.3 is 19.0 Å². The van der Waals surface area contributed by atoms with E-state index in [0.717, 1.165) is 12.0 Å². The third-order valence-electron chi connectivity index (χ3n) is 1.76. The highest BCUT2D eigenvalue weighted by Crippen LogP contribution is 2.03. The van der Waals surface area contributed by atoms with Gasteiger partial charge in [-0.2, -0.15) is 0 Å². The Morgan fingerprint density at radius 3 is 2.67 bits per heavy atom. The Morgan fingerprint density at radius 2 is 2.11 bits per heavy atom. The van der Waals surface area contributed by atoms with Crippen molar-refractivity contribution in [2.45, 2.75) is 19.4 Å². The summed E-state index contributed by atoms with van der Waals surface area (Å²) in [6.45, 7) is 1.59. The Kier molecular flexibility index (Phi) is 10.1. The second kappa shape index (κ2) is 10.8. The maximum atomic E-state index is 11.3. The summed E-state index contributed by atoms with van der Waals surface area (Å²) < 4.78 is 14.3. The van der Waals surface area contributed by atoms with Crippen molar-refractivity contribution in [3.63, 3.8) is 0 Å². The number of hydrogen-bond acceptors (Lipinski definition) is 7. The van der Waals surface area contributed by atoms with Crippen LogP contribution in [0.1, 0.15) is 13.3 Å². The topological polar surface area (TPSA) is 90.9 Å². The van der Waals surface area contributed by atoms with Crippen molar-refractivity contribution in [3.05, 3.63) is 0 Å². The lowest BCUT2D eigenvalue weighted by Gasteiger charge is -2.14. The molecule has 0 saturated heterocycles. The van der Waals surface area contributed by atoms with Crippen LogP contribution in [0.4, 0.5) is 0 Å². The molecule has 0 radical (unpaired) electrons. The highest BCUT2D eigenvalue weighted by molar-refractivity contribution is 7.94. The van der Waals surface area contributed by atoms with E-state index in [9.17, 15) is 14.4 Å². The second-order valence-corrected chi connectivity index (χ2v) is 3.99. The molecule has 1 unspecified atom stereocenters. The number of ether oxygens (including phenoxy) is 2. The Morgan fingerprint density at radius 1 is 1.39 bits per heavy atom. The third kappa shape index (κ3) is 7.91. The molecule has 1 N–H and O–H groups in total. The van der Waals surface area contributed by atoms with Gasteiger partial charge in [0.2, 0.25) is 6.41 Å². The zero-order valence-corrected chi connectivity index (χ0v) is 11.2. The Hall–Kier alpha value is -1.28. The van der Waals surface area contributed by atoms with E-state index in [1.54, 1.807) is 6.92 Å². The minimum Gasteiger partial charge on any atom is -0.464 e. The van der Waals surface area contributed by atoms with Crippen LogP contribution in [0.25, 0.3) is 0 Å². The summed E-state index contributed by atoms with van der Waals surface area (Å²) in [7, 11) is 1.50. The van der Waals surface area contributed by atoms with Crippen LogP contribution in [0.15, 0.2) is 0 Å². The van der Waals surface area contributed by atoms with Gasteiger partial charge in [0.1, 0.15) is 6.61 Å². The third-order valence-corrected chi connectivity index (χ3v) is 2.37. The molecular weight excluding hydrogens is 262 g/mol. The van der Waals surface area contributed by atoms with Crippen LogP contribution in [-0.2, 0) is 28.0 Å². The van der Waals surface area contributed by atoms with Crippen LogP contribution in [-0.4, -0.2) is 50.5 Å². The summed E-state index contributed by atoms with van der Waals surface area (Å²) in [5, 5.41) is 2.23. The highest BCUT2D eigenvalue weighted by atomic mass is 32.2. The van der Waals surface area contributed by atoms with Crippen LogP contribution < -0.4 is 5.32 Å². The van der Waals surface area contributed by atoms with Crippen molar-refractivity contribution >= 4 is 30.4 Å². The number of nitrogens with one attached hydrogen (secondary N) is 1. The van der Waals surface area contributed by atoms with Gasteiger partial charge in [-0.3, -0.25) is 9.59 Å². The molecule has 0 aliphatic heterocycles. The molecule has 104 valence electrons. The molecule has 1 amide bonds. The first kappa shape index (κ1) is 16.7. The fraction of sp³-hybridized carbons (Fsp3) is 0.700. The second-order valence-electron chi connectivity index (χ2n) is 3.01. The molecule has 0 fully saturated rings. The van der Waals surface area contributed by atoms with Gasteiger partial charge in [-0.15, -0.1) is 0 Å². The van der Waals surface area contributed by atoms with E-state index in [0.29, 0.717) is 12.2 Å². The van der Waals surface area contributed by atoms with Crippen LogP contribution in [0.5, 0.6) is 0 Å². The van der Waals surface area contributed by atoms with Crippen molar-refractivity contribution in [1.29, 1.82) is 0 Å². The summed E-state index contributed by atoms with van der Waals surface area (Å²) >= 11 is 1.13. The number of amides is 1. The number of hydrogen-bond donors (Lipinski definition) is 1. The largest absolute Gasteiger partial charge is 0.464 e. The molecule has 7 nitrogen and oxygen atoms in total. The van der Waals surface area contributed by atoms with Crippen LogP contribution in [0, 0.1) is 0 Å². The SMILES string of the molecule is CCOC(=O)C(COC(=O)CCSOC)NC=O. The smallest absolute Gasteiger partial charge is 0.332 e. The minimum absolute atomic E-state index is 0.162. The Labute approximate surface area is 110 Å². The van der Waals surface area contributed by atoms with Gasteiger partial charge in [0, 0.05) is 5.75 Å². The lowest BCUT2D eigenvalue weighted by Crippen LogP contribution is -2.41. The normalized spacial score (nSPS) is 11.4. The molecule has 8 heteroatoms. The van der Waals surface area contributed by atoms with Gasteiger partial charge in [-0.25, -0.2) is 4.79 Å². The summed E-state index contributed by atoms with van der Waals surface area (Å²) in [5.41, 5.74) is 0. The maximum Gasteiger partial charge on any atom is 0.332 e. The van der Waals surface area contributed by atoms with E-state index in [2.05, 4.69) is 5.32 Å². The number of carbonyl (C=O) groups is 3. The molecule has 0 spiro atoms. The van der Waals surface area contributed by atoms with E-state index in [-0.39, 0.29) is 19.6 Å². The van der Waals surface area contributed by atoms with Crippen LogP contribution >= 0.6 is 12.0 Å². The van der Waals surface area contributed by atoms with Crippen molar-refractivity contribution < 1.29 is 28.0 Å². The molecule has 0 aromatic rings. The first-order valence-electron chi connectivity index (χ1n) is 5.33. The quantitative estimate of drug-likeness (QED) is 0.258. The molecule has 0 saturated carbocycles. The van der Waals surface area contributed by atoms with Gasteiger partial charge in [-0.1, -0.05) is 0 Å². The number of esters is 2. The predicted octanol–water partition coefficient (Wildman–Crippen LogP) is -0.108. The standard InChI is InChI=1S/C10H17NO6S/c1-3-16-10(14)8(11-7-12)6-17-9(13)4-5-18-15-2/h7-8H,3-6H2,1-2H3,(H,11,12). The van der Waals surface area contributed by atoms with Crippen molar-refractivity contribution in [2.24, 2.45) is 0 Å². The van der Waals surface area contributed by atoms with Gasteiger partial charge in [-0.05, 0) is 19.0 Å². The molecule has 0 aliphatic carbocycles. The number of carbonyl (C=O) groups excluding carboxylic acids is 3. The van der Waals surface area contributed by atoms with Gasteiger partial charge in [0.15, 0.2) is 6.04 Å². The molecule has 18 heavy (non-hydrogen) atoms. The molecule has 1 atom stereocenters. The lowest BCUT2D eigenvalue weighted by atomic mass is 10.3. The van der Waals surface area contributed by atoms with Crippen molar-refractivity contribution in [2.75, 3.05) is 26.1 Å². The minimum atomic E-state index is -0.971. The maximum absolute atomic E-state index is 11.3. The molecular formula is C10H17NO6S. The van der Waals surface area contributed by atoms with Gasteiger partial charge in [0.05, 0.1) is 20.1 Å². The van der Waals surface area contributed by atoms with E-state index in [4.69, 9.17) is 13.7 Å². The van der Waals surface area contributed by atoms with Crippen LogP contribution in [0.3, 0.4) is 0 Å². The summed E-state index contributed by atoms with van der Waals surface area (Å²) in [5.74, 6) is -0.647. The molecule has 0 aromatic heterocycles. The zero-order valence-electron chi connectivity index (χ0n) is 10.3. The first-order valence-corrected chi connectivity index (χ1v) is 6.24. The average Bonchev–Trinajstić information content (AvgIpc) is 2.35. The Balaban J connectivity index is 3.98. The molecule has 0 bridgehead atoms. The monoisotopic (exact) mass is 279 g/mol. The summed E-state index contributed by atoms with van der Waals surface area (Å²) in [6, 6.07) is -0.971. The number of rotatable bonds is 10. The average molecular weight is 279 g/mol. The van der Waals surface area contributed by atoms with E-state index < -0.39 is 18.0 Å².